The Bertz CT molecular complexity index is 145. The minimum atomic E-state index is 0.759. The molecule has 1 rings (SSSR count). The van der Waals surface area contributed by atoms with Crippen molar-refractivity contribution in [2.75, 3.05) is 26.2 Å². The van der Waals surface area contributed by atoms with E-state index in [0.717, 1.165) is 6.04 Å². The fourth-order valence-electron chi connectivity index (χ4n) is 2.40. The van der Waals surface area contributed by atoms with Crippen LogP contribution in [-0.4, -0.2) is 37.1 Å². The summed E-state index contributed by atoms with van der Waals surface area (Å²) in [4.78, 5) is 2.65. The first-order chi connectivity index (χ1) is 7.36. The summed E-state index contributed by atoms with van der Waals surface area (Å²) in [5, 5.41) is 3.61. The van der Waals surface area contributed by atoms with Gasteiger partial charge in [-0.25, -0.2) is 0 Å². The van der Waals surface area contributed by atoms with Gasteiger partial charge in [-0.15, -0.1) is 0 Å². The lowest BCUT2D eigenvalue weighted by Crippen LogP contribution is -2.50. The number of piperazine rings is 1. The van der Waals surface area contributed by atoms with Crippen LogP contribution < -0.4 is 5.32 Å². The van der Waals surface area contributed by atoms with Gasteiger partial charge in [0.25, 0.3) is 0 Å². The summed E-state index contributed by atoms with van der Waals surface area (Å²) in [6.45, 7) is 9.61. The van der Waals surface area contributed by atoms with Crippen LogP contribution in [0.3, 0.4) is 0 Å². The van der Waals surface area contributed by atoms with E-state index in [1.807, 2.05) is 0 Å². The number of unbranched alkanes of at least 4 members (excludes halogenated alkanes) is 3. The molecule has 0 spiro atoms. The molecule has 0 aromatic carbocycles. The third-order valence-corrected chi connectivity index (χ3v) is 3.30. The highest BCUT2D eigenvalue weighted by molar-refractivity contribution is 4.77. The third kappa shape index (κ3) is 5.53. The second-order valence-electron chi connectivity index (χ2n) is 4.80. The van der Waals surface area contributed by atoms with Crippen LogP contribution in [0.1, 0.15) is 52.4 Å². The molecular formula is C13H28N2. The minimum absolute atomic E-state index is 0.759. The van der Waals surface area contributed by atoms with Crippen LogP contribution in [0, 0.1) is 0 Å². The lowest BCUT2D eigenvalue weighted by molar-refractivity contribution is 0.190. The zero-order valence-electron chi connectivity index (χ0n) is 10.6. The van der Waals surface area contributed by atoms with E-state index in [0.29, 0.717) is 0 Å². The Morgan fingerprint density at radius 1 is 1.13 bits per heavy atom. The van der Waals surface area contributed by atoms with Crippen LogP contribution in [0.5, 0.6) is 0 Å². The molecule has 1 fully saturated rings. The summed E-state index contributed by atoms with van der Waals surface area (Å²) in [6.07, 6.45) is 8.21. The van der Waals surface area contributed by atoms with Crippen molar-refractivity contribution < 1.29 is 0 Å². The molecule has 1 aliphatic heterocycles. The number of nitrogens with one attached hydrogen (secondary N) is 1. The van der Waals surface area contributed by atoms with Crippen molar-refractivity contribution >= 4 is 0 Å². The topological polar surface area (TPSA) is 15.3 Å². The van der Waals surface area contributed by atoms with E-state index in [9.17, 15) is 0 Å². The second kappa shape index (κ2) is 8.12. The molecule has 1 aliphatic rings. The molecule has 0 radical (unpaired) electrons. The Morgan fingerprint density at radius 2 is 2.00 bits per heavy atom. The summed E-state index contributed by atoms with van der Waals surface area (Å²) in [7, 11) is 0. The first-order valence-electron chi connectivity index (χ1n) is 6.82. The van der Waals surface area contributed by atoms with E-state index in [-0.39, 0.29) is 0 Å². The number of hydrogen-bond donors (Lipinski definition) is 1. The van der Waals surface area contributed by atoms with Crippen molar-refractivity contribution in [3.05, 3.63) is 0 Å². The monoisotopic (exact) mass is 212 g/mol. The van der Waals surface area contributed by atoms with Crippen LogP contribution >= 0.6 is 0 Å². The Labute approximate surface area is 95.4 Å². The number of rotatable bonds is 7. The van der Waals surface area contributed by atoms with E-state index >= 15 is 0 Å². The van der Waals surface area contributed by atoms with Gasteiger partial charge in [-0.2, -0.15) is 0 Å². The third-order valence-electron chi connectivity index (χ3n) is 3.30. The molecule has 15 heavy (non-hydrogen) atoms. The Morgan fingerprint density at radius 3 is 2.73 bits per heavy atom. The van der Waals surface area contributed by atoms with Gasteiger partial charge in [0.05, 0.1) is 0 Å². The van der Waals surface area contributed by atoms with E-state index in [1.54, 1.807) is 0 Å². The van der Waals surface area contributed by atoms with Gasteiger partial charge >= 0.3 is 0 Å². The maximum absolute atomic E-state index is 3.61. The SMILES string of the molecule is CCCCCCN1CCNC(CCC)C1. The second-order valence-corrected chi connectivity index (χ2v) is 4.80. The zero-order chi connectivity index (χ0) is 10.9. The lowest BCUT2D eigenvalue weighted by atomic mass is 10.1. The molecule has 1 N–H and O–H groups in total. The van der Waals surface area contributed by atoms with Gasteiger partial charge in [0.2, 0.25) is 0 Å². The van der Waals surface area contributed by atoms with E-state index < -0.39 is 0 Å². The molecule has 0 amide bonds. The maximum atomic E-state index is 3.61. The molecule has 0 saturated carbocycles. The molecule has 0 aromatic rings. The van der Waals surface area contributed by atoms with Crippen molar-refractivity contribution in [1.82, 2.24) is 10.2 Å². The van der Waals surface area contributed by atoms with Crippen molar-refractivity contribution in [2.24, 2.45) is 0 Å². The number of hydrogen-bond acceptors (Lipinski definition) is 2. The van der Waals surface area contributed by atoms with Gasteiger partial charge in [0.1, 0.15) is 0 Å². The Kier molecular flexibility index (Phi) is 7.03. The normalized spacial score (nSPS) is 23.2. The first-order valence-corrected chi connectivity index (χ1v) is 6.82. The molecule has 0 aromatic heterocycles. The molecule has 2 heteroatoms. The van der Waals surface area contributed by atoms with Crippen molar-refractivity contribution in [3.8, 4) is 0 Å². The van der Waals surface area contributed by atoms with Crippen LogP contribution in [-0.2, 0) is 0 Å². The van der Waals surface area contributed by atoms with Gasteiger partial charge in [0.15, 0.2) is 0 Å². The molecule has 1 unspecified atom stereocenters. The molecule has 0 aliphatic carbocycles. The minimum Gasteiger partial charge on any atom is -0.311 e. The van der Waals surface area contributed by atoms with Crippen molar-refractivity contribution in [3.63, 3.8) is 0 Å². The quantitative estimate of drug-likeness (QED) is 0.653. The van der Waals surface area contributed by atoms with E-state index in [2.05, 4.69) is 24.1 Å². The molecule has 1 saturated heterocycles. The average Bonchev–Trinajstić information content (AvgIpc) is 2.26. The maximum Gasteiger partial charge on any atom is 0.0195 e. The predicted molar refractivity (Wildman–Crippen MR) is 67.3 cm³/mol. The molecule has 2 nitrogen and oxygen atoms in total. The summed E-state index contributed by atoms with van der Waals surface area (Å²) in [5.74, 6) is 0. The zero-order valence-corrected chi connectivity index (χ0v) is 10.6. The highest BCUT2D eigenvalue weighted by atomic mass is 15.2. The molecule has 1 heterocycles. The van der Waals surface area contributed by atoms with E-state index in [4.69, 9.17) is 0 Å². The summed E-state index contributed by atoms with van der Waals surface area (Å²) >= 11 is 0. The molecule has 0 bridgehead atoms. The van der Waals surface area contributed by atoms with Gasteiger partial charge in [-0.1, -0.05) is 39.5 Å². The summed E-state index contributed by atoms with van der Waals surface area (Å²) in [6, 6.07) is 0.759. The summed E-state index contributed by atoms with van der Waals surface area (Å²) < 4.78 is 0. The smallest absolute Gasteiger partial charge is 0.0195 e. The van der Waals surface area contributed by atoms with Crippen LogP contribution in [0.4, 0.5) is 0 Å². The molecule has 90 valence electrons. The van der Waals surface area contributed by atoms with E-state index in [1.165, 1.54) is 64.7 Å². The van der Waals surface area contributed by atoms with Crippen LogP contribution in [0.15, 0.2) is 0 Å². The van der Waals surface area contributed by atoms with Gasteiger partial charge < -0.3 is 10.2 Å². The predicted octanol–water partition coefficient (Wildman–Crippen LogP) is 2.64. The lowest BCUT2D eigenvalue weighted by Gasteiger charge is -2.33. The molecular weight excluding hydrogens is 184 g/mol. The number of nitrogens with zero attached hydrogens (tertiary/aromatic N) is 1. The average molecular weight is 212 g/mol. The van der Waals surface area contributed by atoms with Crippen molar-refractivity contribution in [1.29, 1.82) is 0 Å². The first kappa shape index (κ1) is 13.0. The fourth-order valence-corrected chi connectivity index (χ4v) is 2.40. The summed E-state index contributed by atoms with van der Waals surface area (Å²) in [5.41, 5.74) is 0. The van der Waals surface area contributed by atoms with Gasteiger partial charge in [-0.05, 0) is 19.4 Å². The van der Waals surface area contributed by atoms with Gasteiger partial charge in [-0.3, -0.25) is 0 Å². The van der Waals surface area contributed by atoms with Crippen LogP contribution in [0.25, 0.3) is 0 Å². The largest absolute Gasteiger partial charge is 0.311 e. The van der Waals surface area contributed by atoms with Crippen molar-refractivity contribution in [2.45, 2.75) is 58.4 Å². The Hall–Kier alpha value is -0.0800. The highest BCUT2D eigenvalue weighted by Gasteiger charge is 2.17. The van der Waals surface area contributed by atoms with Crippen LogP contribution in [0.2, 0.25) is 0 Å². The molecule has 1 atom stereocenters. The highest BCUT2D eigenvalue weighted by Crippen LogP contribution is 2.07. The Balaban J connectivity index is 2.07. The standard InChI is InChI=1S/C13H28N2/c1-3-5-6-7-10-15-11-9-14-13(12-15)8-4-2/h13-14H,3-12H2,1-2H3. The fraction of sp³-hybridized carbons (Fsp3) is 1.00. The van der Waals surface area contributed by atoms with Gasteiger partial charge in [0, 0.05) is 25.7 Å².